The van der Waals surface area contributed by atoms with Gasteiger partial charge in [-0.25, -0.2) is 0 Å². The van der Waals surface area contributed by atoms with Gasteiger partial charge in [-0.15, -0.1) is 0 Å². The molecule has 0 aromatic heterocycles. The lowest BCUT2D eigenvalue weighted by Crippen LogP contribution is -2.40. The molecule has 1 aliphatic carbocycles. The molecule has 0 bridgehead atoms. The Balaban J connectivity index is 1.79. The van der Waals surface area contributed by atoms with E-state index in [2.05, 4.69) is 42.6 Å². The van der Waals surface area contributed by atoms with Gasteiger partial charge < -0.3 is 10.4 Å². The third-order valence-electron chi connectivity index (χ3n) is 4.44. The van der Waals surface area contributed by atoms with Crippen LogP contribution in [0.3, 0.4) is 0 Å². The highest BCUT2D eigenvalue weighted by atomic mass is 16.3. The van der Waals surface area contributed by atoms with Gasteiger partial charge in [-0.05, 0) is 50.0 Å². The van der Waals surface area contributed by atoms with Gasteiger partial charge in [0, 0.05) is 18.7 Å². The summed E-state index contributed by atoms with van der Waals surface area (Å²) in [6.45, 7) is 2.49. The molecule has 1 aliphatic rings. The Labute approximate surface area is 117 Å². The quantitative estimate of drug-likeness (QED) is 0.822. The fraction of sp³-hybridized carbons (Fsp3) is 0.647. The maximum absolute atomic E-state index is 9.05. The predicted molar refractivity (Wildman–Crippen MR) is 80.4 cm³/mol. The molecule has 2 N–H and O–H groups in total. The van der Waals surface area contributed by atoms with E-state index in [0.29, 0.717) is 18.7 Å². The van der Waals surface area contributed by atoms with Crippen LogP contribution in [-0.2, 0) is 0 Å². The van der Waals surface area contributed by atoms with Crippen molar-refractivity contribution in [1.29, 1.82) is 0 Å². The minimum atomic E-state index is 0.296. The lowest BCUT2D eigenvalue weighted by atomic mass is 9.81. The summed E-state index contributed by atoms with van der Waals surface area (Å²) < 4.78 is 0. The molecule has 0 radical (unpaired) electrons. The Hall–Kier alpha value is -0.860. The Morgan fingerprint density at radius 3 is 2.42 bits per heavy atom. The molecule has 1 saturated carbocycles. The van der Waals surface area contributed by atoms with Gasteiger partial charge in [0.15, 0.2) is 0 Å². The van der Waals surface area contributed by atoms with E-state index in [9.17, 15) is 0 Å². The summed E-state index contributed by atoms with van der Waals surface area (Å²) in [5, 5.41) is 12.8. The monoisotopic (exact) mass is 261 g/mol. The number of aliphatic hydroxyl groups is 1. The van der Waals surface area contributed by atoms with E-state index >= 15 is 0 Å². The third-order valence-corrected chi connectivity index (χ3v) is 4.44. The summed E-state index contributed by atoms with van der Waals surface area (Å²) in [5.41, 5.74) is 1.50. The van der Waals surface area contributed by atoms with Gasteiger partial charge in [-0.3, -0.25) is 0 Å². The van der Waals surface area contributed by atoms with Crippen LogP contribution in [0.1, 0.15) is 56.9 Å². The molecule has 1 unspecified atom stereocenters. The highest BCUT2D eigenvalue weighted by molar-refractivity contribution is 5.20. The van der Waals surface area contributed by atoms with Crippen LogP contribution in [0.5, 0.6) is 0 Å². The first-order valence-electron chi connectivity index (χ1n) is 7.75. The summed E-state index contributed by atoms with van der Waals surface area (Å²) in [5.74, 6) is 0.747. The molecule has 106 valence electrons. The van der Waals surface area contributed by atoms with Crippen molar-refractivity contribution in [2.75, 3.05) is 6.61 Å². The maximum Gasteiger partial charge on any atom is 0.0445 e. The van der Waals surface area contributed by atoms with Crippen molar-refractivity contribution < 1.29 is 5.11 Å². The number of hydrogen-bond donors (Lipinski definition) is 2. The molecular weight excluding hydrogens is 234 g/mol. The van der Waals surface area contributed by atoms with Crippen molar-refractivity contribution in [3.05, 3.63) is 35.9 Å². The SMILES string of the molecule is CCC(CCO)NC1CCC(c2ccccc2)CC1. The lowest BCUT2D eigenvalue weighted by molar-refractivity contribution is 0.241. The lowest BCUT2D eigenvalue weighted by Gasteiger charge is -2.32. The average Bonchev–Trinajstić information content (AvgIpc) is 2.48. The Bertz CT molecular complexity index is 344. The van der Waals surface area contributed by atoms with E-state index in [1.165, 1.54) is 31.2 Å². The molecule has 2 rings (SSSR count). The molecule has 2 heteroatoms. The fourth-order valence-electron chi connectivity index (χ4n) is 3.21. The molecule has 19 heavy (non-hydrogen) atoms. The first kappa shape index (κ1) is 14.5. The molecule has 0 heterocycles. The van der Waals surface area contributed by atoms with E-state index in [4.69, 9.17) is 5.11 Å². The topological polar surface area (TPSA) is 32.3 Å². The number of nitrogens with one attached hydrogen (secondary N) is 1. The van der Waals surface area contributed by atoms with Gasteiger partial charge in [-0.1, -0.05) is 37.3 Å². The van der Waals surface area contributed by atoms with Crippen LogP contribution in [0, 0.1) is 0 Å². The zero-order valence-electron chi connectivity index (χ0n) is 12.0. The van der Waals surface area contributed by atoms with Crippen molar-refractivity contribution in [2.45, 2.75) is 63.5 Å². The van der Waals surface area contributed by atoms with Crippen LogP contribution in [0.25, 0.3) is 0 Å². The number of aliphatic hydroxyl groups excluding tert-OH is 1. The van der Waals surface area contributed by atoms with Gasteiger partial charge in [-0.2, -0.15) is 0 Å². The highest BCUT2D eigenvalue weighted by Crippen LogP contribution is 2.32. The molecule has 0 aliphatic heterocycles. The van der Waals surface area contributed by atoms with Crippen molar-refractivity contribution in [2.24, 2.45) is 0 Å². The zero-order chi connectivity index (χ0) is 13.5. The van der Waals surface area contributed by atoms with E-state index in [-0.39, 0.29) is 0 Å². The first-order valence-corrected chi connectivity index (χ1v) is 7.75. The standard InChI is InChI=1S/C17H27NO/c1-2-16(12-13-19)18-17-10-8-15(9-11-17)14-6-4-3-5-7-14/h3-7,15-19H,2,8-13H2,1H3. The highest BCUT2D eigenvalue weighted by Gasteiger charge is 2.23. The molecule has 0 saturated heterocycles. The minimum absolute atomic E-state index is 0.296. The molecule has 1 aromatic rings. The normalized spacial score (nSPS) is 25.2. The summed E-state index contributed by atoms with van der Waals surface area (Å²) in [6, 6.07) is 12.1. The molecule has 0 spiro atoms. The molecule has 1 aromatic carbocycles. The smallest absolute Gasteiger partial charge is 0.0445 e. The minimum Gasteiger partial charge on any atom is -0.396 e. The number of rotatable bonds is 6. The van der Waals surface area contributed by atoms with E-state index in [0.717, 1.165) is 18.8 Å². The summed E-state index contributed by atoms with van der Waals surface area (Å²) in [4.78, 5) is 0. The summed E-state index contributed by atoms with van der Waals surface area (Å²) >= 11 is 0. The molecule has 1 atom stereocenters. The number of hydrogen-bond acceptors (Lipinski definition) is 2. The van der Waals surface area contributed by atoms with Crippen molar-refractivity contribution in [3.8, 4) is 0 Å². The average molecular weight is 261 g/mol. The molecular formula is C17H27NO. The van der Waals surface area contributed by atoms with Crippen LogP contribution < -0.4 is 5.32 Å². The van der Waals surface area contributed by atoms with Crippen LogP contribution >= 0.6 is 0 Å². The van der Waals surface area contributed by atoms with Gasteiger partial charge in [0.2, 0.25) is 0 Å². The molecule has 0 amide bonds. The van der Waals surface area contributed by atoms with Crippen LogP contribution in [0.2, 0.25) is 0 Å². The van der Waals surface area contributed by atoms with Gasteiger partial charge >= 0.3 is 0 Å². The maximum atomic E-state index is 9.05. The summed E-state index contributed by atoms with van der Waals surface area (Å²) in [7, 11) is 0. The second-order valence-electron chi connectivity index (χ2n) is 5.74. The Kier molecular flexibility index (Phi) is 5.87. The van der Waals surface area contributed by atoms with Crippen LogP contribution in [0.4, 0.5) is 0 Å². The van der Waals surface area contributed by atoms with E-state index < -0.39 is 0 Å². The zero-order valence-corrected chi connectivity index (χ0v) is 12.0. The Morgan fingerprint density at radius 1 is 1.16 bits per heavy atom. The van der Waals surface area contributed by atoms with Crippen molar-refractivity contribution >= 4 is 0 Å². The van der Waals surface area contributed by atoms with Crippen LogP contribution in [0.15, 0.2) is 30.3 Å². The van der Waals surface area contributed by atoms with Crippen molar-refractivity contribution in [1.82, 2.24) is 5.32 Å². The molecule has 2 nitrogen and oxygen atoms in total. The second kappa shape index (κ2) is 7.66. The van der Waals surface area contributed by atoms with E-state index in [1.54, 1.807) is 0 Å². The van der Waals surface area contributed by atoms with Crippen molar-refractivity contribution in [3.63, 3.8) is 0 Å². The fourth-order valence-corrected chi connectivity index (χ4v) is 3.21. The van der Waals surface area contributed by atoms with Gasteiger partial charge in [0.1, 0.15) is 0 Å². The first-order chi connectivity index (χ1) is 9.33. The van der Waals surface area contributed by atoms with Crippen LogP contribution in [-0.4, -0.2) is 23.8 Å². The predicted octanol–water partition coefficient (Wildman–Crippen LogP) is 3.46. The molecule has 1 fully saturated rings. The summed E-state index contributed by atoms with van der Waals surface area (Å²) in [6.07, 6.45) is 7.10. The van der Waals surface area contributed by atoms with Gasteiger partial charge in [0.25, 0.3) is 0 Å². The largest absolute Gasteiger partial charge is 0.396 e. The second-order valence-corrected chi connectivity index (χ2v) is 5.74. The van der Waals surface area contributed by atoms with Gasteiger partial charge in [0.05, 0.1) is 0 Å². The van der Waals surface area contributed by atoms with E-state index in [1.807, 2.05) is 0 Å². The third kappa shape index (κ3) is 4.32. The number of benzene rings is 1. The Morgan fingerprint density at radius 2 is 1.84 bits per heavy atom.